The predicted octanol–water partition coefficient (Wildman–Crippen LogP) is 2.05. The summed E-state index contributed by atoms with van der Waals surface area (Å²) in [6.07, 6.45) is 0.422. The van der Waals surface area contributed by atoms with E-state index in [9.17, 15) is 20.0 Å². The summed E-state index contributed by atoms with van der Waals surface area (Å²) in [5.74, 6) is -0.721. The van der Waals surface area contributed by atoms with Crippen LogP contribution in [0.2, 0.25) is 0 Å². The zero-order valence-corrected chi connectivity index (χ0v) is 11.0. The second-order valence-corrected chi connectivity index (χ2v) is 4.20. The number of phenols is 1. The minimum absolute atomic E-state index is 0.0177. The fourth-order valence-electron chi connectivity index (χ4n) is 1.39. The smallest absolute Gasteiger partial charge is 0.271 e. The molecule has 0 fully saturated rings. The van der Waals surface area contributed by atoms with Crippen molar-refractivity contribution in [2.24, 2.45) is 0 Å². The number of methoxy groups -OCH3 is 1. The Kier molecular flexibility index (Phi) is 4.44. The first-order valence-electron chi connectivity index (χ1n) is 5.68. The number of non-ortho nitro benzene ring substituents is 1. The van der Waals surface area contributed by atoms with Crippen molar-refractivity contribution in [3.8, 4) is 5.75 Å². The molecule has 0 heterocycles. The summed E-state index contributed by atoms with van der Waals surface area (Å²) in [6.45, 7) is 3.37. The van der Waals surface area contributed by atoms with Crippen molar-refractivity contribution in [2.75, 3.05) is 12.4 Å². The highest BCUT2D eigenvalue weighted by atomic mass is 16.6. The number of aromatic hydroxyl groups is 1. The Labute approximate surface area is 110 Å². The molecule has 0 aliphatic carbocycles. The fourth-order valence-corrected chi connectivity index (χ4v) is 1.39. The lowest BCUT2D eigenvalue weighted by Gasteiger charge is -2.25. The van der Waals surface area contributed by atoms with Crippen LogP contribution in [0.1, 0.15) is 20.3 Å². The number of amides is 1. The van der Waals surface area contributed by atoms with Crippen LogP contribution in [0.3, 0.4) is 0 Å². The molecule has 19 heavy (non-hydrogen) atoms. The van der Waals surface area contributed by atoms with E-state index >= 15 is 0 Å². The van der Waals surface area contributed by atoms with E-state index in [2.05, 4.69) is 5.32 Å². The van der Waals surface area contributed by atoms with E-state index in [0.717, 1.165) is 18.2 Å². The van der Waals surface area contributed by atoms with Gasteiger partial charge in [-0.15, -0.1) is 0 Å². The van der Waals surface area contributed by atoms with Crippen LogP contribution in [0.4, 0.5) is 11.4 Å². The number of nitrogens with one attached hydrogen (secondary N) is 1. The molecule has 1 amide bonds. The van der Waals surface area contributed by atoms with Crippen molar-refractivity contribution < 1.29 is 19.6 Å². The third-order valence-corrected chi connectivity index (χ3v) is 3.04. The molecule has 1 aromatic carbocycles. The van der Waals surface area contributed by atoms with E-state index in [1.807, 2.05) is 0 Å². The van der Waals surface area contributed by atoms with Gasteiger partial charge in [-0.3, -0.25) is 14.9 Å². The molecule has 7 nitrogen and oxygen atoms in total. The van der Waals surface area contributed by atoms with Gasteiger partial charge in [0.15, 0.2) is 0 Å². The molecule has 7 heteroatoms. The highest BCUT2D eigenvalue weighted by Crippen LogP contribution is 2.29. The number of nitro groups is 1. The van der Waals surface area contributed by atoms with Crippen molar-refractivity contribution in [2.45, 2.75) is 25.9 Å². The van der Waals surface area contributed by atoms with Gasteiger partial charge in [0.1, 0.15) is 11.4 Å². The highest BCUT2D eigenvalue weighted by Gasteiger charge is 2.31. The Hall–Kier alpha value is -2.15. The molecule has 2 N–H and O–H groups in total. The normalized spacial score (nSPS) is 13.6. The number of hydrogen-bond acceptors (Lipinski definition) is 5. The number of anilines is 1. The van der Waals surface area contributed by atoms with Gasteiger partial charge in [-0.05, 0) is 19.4 Å². The second kappa shape index (κ2) is 5.66. The molecule has 0 spiro atoms. The summed E-state index contributed by atoms with van der Waals surface area (Å²) in [5, 5.41) is 22.7. The van der Waals surface area contributed by atoms with Crippen molar-refractivity contribution in [1.82, 2.24) is 0 Å². The Morgan fingerprint density at radius 2 is 2.21 bits per heavy atom. The zero-order valence-electron chi connectivity index (χ0n) is 11.0. The third kappa shape index (κ3) is 3.19. The van der Waals surface area contributed by atoms with Crippen LogP contribution in [0.5, 0.6) is 5.75 Å². The van der Waals surface area contributed by atoms with Crippen molar-refractivity contribution >= 4 is 17.3 Å². The van der Waals surface area contributed by atoms with Gasteiger partial charge in [-0.25, -0.2) is 0 Å². The number of hydrogen-bond donors (Lipinski definition) is 2. The summed E-state index contributed by atoms with van der Waals surface area (Å²) in [6, 6.07) is 3.41. The summed E-state index contributed by atoms with van der Waals surface area (Å²) < 4.78 is 5.11. The summed E-state index contributed by atoms with van der Waals surface area (Å²) in [7, 11) is 1.40. The molecule has 1 rings (SSSR count). The molecule has 1 unspecified atom stereocenters. The molecule has 0 aromatic heterocycles. The fraction of sp³-hybridized carbons (Fsp3) is 0.417. The van der Waals surface area contributed by atoms with Crippen molar-refractivity contribution in [3.05, 3.63) is 28.3 Å². The van der Waals surface area contributed by atoms with Crippen LogP contribution < -0.4 is 5.32 Å². The summed E-state index contributed by atoms with van der Waals surface area (Å²) in [5.41, 5.74) is -1.29. The van der Waals surface area contributed by atoms with Gasteiger partial charge in [0, 0.05) is 19.2 Å². The van der Waals surface area contributed by atoms with Crippen LogP contribution in [0, 0.1) is 10.1 Å². The molecule has 104 valence electrons. The van der Waals surface area contributed by atoms with E-state index in [4.69, 9.17) is 4.74 Å². The molecule has 0 aliphatic rings. The Bertz CT molecular complexity index is 497. The average molecular weight is 268 g/mol. The Morgan fingerprint density at radius 3 is 2.68 bits per heavy atom. The number of carbonyl (C=O) groups is 1. The molecule has 0 saturated carbocycles. The van der Waals surface area contributed by atoms with Gasteiger partial charge in [0.25, 0.3) is 11.6 Å². The third-order valence-electron chi connectivity index (χ3n) is 3.04. The second-order valence-electron chi connectivity index (χ2n) is 4.20. The van der Waals surface area contributed by atoms with E-state index in [0.29, 0.717) is 6.42 Å². The highest BCUT2D eigenvalue weighted by molar-refractivity contribution is 5.98. The molecule has 1 atom stereocenters. The topological polar surface area (TPSA) is 102 Å². The van der Waals surface area contributed by atoms with Crippen molar-refractivity contribution in [3.63, 3.8) is 0 Å². The quantitative estimate of drug-likeness (QED) is 0.483. The maximum absolute atomic E-state index is 12.0. The van der Waals surface area contributed by atoms with Crippen LogP contribution >= 0.6 is 0 Å². The number of carbonyl (C=O) groups excluding carboxylic acids is 1. The van der Waals surface area contributed by atoms with E-state index < -0.39 is 16.4 Å². The lowest BCUT2D eigenvalue weighted by atomic mass is 10.0. The first-order valence-corrected chi connectivity index (χ1v) is 5.68. The van der Waals surface area contributed by atoms with Gasteiger partial charge < -0.3 is 15.2 Å². The van der Waals surface area contributed by atoms with Crippen molar-refractivity contribution in [1.29, 1.82) is 0 Å². The first-order chi connectivity index (χ1) is 8.84. The average Bonchev–Trinajstić information content (AvgIpc) is 2.39. The zero-order chi connectivity index (χ0) is 14.6. The maximum atomic E-state index is 12.0. The van der Waals surface area contributed by atoms with Crippen LogP contribution in [-0.2, 0) is 9.53 Å². The van der Waals surface area contributed by atoms with Gasteiger partial charge in [0.05, 0.1) is 10.6 Å². The predicted molar refractivity (Wildman–Crippen MR) is 69.1 cm³/mol. The number of nitrogens with zero attached hydrogens (tertiary/aromatic N) is 1. The molecular weight excluding hydrogens is 252 g/mol. The van der Waals surface area contributed by atoms with Crippen LogP contribution in [-0.4, -0.2) is 28.6 Å². The van der Waals surface area contributed by atoms with E-state index in [1.165, 1.54) is 7.11 Å². The number of benzene rings is 1. The van der Waals surface area contributed by atoms with Gasteiger partial charge in [-0.1, -0.05) is 6.92 Å². The van der Waals surface area contributed by atoms with Crippen LogP contribution in [0.25, 0.3) is 0 Å². The standard InChI is InChI=1S/C12H16N2O5/c1-4-12(2,19-3)11(16)13-9-7-8(14(17)18)5-6-10(9)15/h5-7,15H,4H2,1-3H3,(H,13,16). The van der Waals surface area contributed by atoms with Crippen LogP contribution in [0.15, 0.2) is 18.2 Å². The van der Waals surface area contributed by atoms with Gasteiger partial charge in [0.2, 0.25) is 0 Å². The minimum Gasteiger partial charge on any atom is -0.506 e. The number of rotatable bonds is 5. The maximum Gasteiger partial charge on any atom is 0.271 e. The Balaban J connectivity index is 3.02. The van der Waals surface area contributed by atoms with E-state index in [-0.39, 0.29) is 17.1 Å². The Morgan fingerprint density at radius 1 is 1.58 bits per heavy atom. The molecular formula is C12H16N2O5. The van der Waals surface area contributed by atoms with Gasteiger partial charge in [-0.2, -0.15) is 0 Å². The molecule has 0 radical (unpaired) electrons. The first kappa shape index (κ1) is 14.9. The molecule has 0 bridgehead atoms. The number of ether oxygens (including phenoxy) is 1. The number of phenolic OH excluding ortho intramolecular Hbond substituents is 1. The molecule has 1 aromatic rings. The lowest BCUT2D eigenvalue weighted by molar-refractivity contribution is -0.384. The summed E-state index contributed by atoms with van der Waals surface area (Å²) in [4.78, 5) is 22.1. The monoisotopic (exact) mass is 268 g/mol. The summed E-state index contributed by atoms with van der Waals surface area (Å²) >= 11 is 0. The SMILES string of the molecule is CCC(C)(OC)C(=O)Nc1cc([N+](=O)[O-])ccc1O. The van der Waals surface area contributed by atoms with Gasteiger partial charge >= 0.3 is 0 Å². The lowest BCUT2D eigenvalue weighted by Crippen LogP contribution is -2.41. The molecule has 0 aliphatic heterocycles. The van der Waals surface area contributed by atoms with E-state index in [1.54, 1.807) is 13.8 Å². The minimum atomic E-state index is -1.06. The largest absolute Gasteiger partial charge is 0.506 e. The molecule has 0 saturated heterocycles. The number of nitro benzene ring substituents is 1.